The SMILES string of the molecule is CCCCCCCCCCCC(=O)OC[C@H](COP(=O)(O)OC[C@H](O)COP(=O)(O)OC[C@@H](COC(=O)CCCCCCCCC(C)CC)OC(=O)CCCCCCCCCCCCCCCCCCCCC(C)CC)OC(=O)CCCCCCCCC(C)C. The molecule has 0 aromatic heterocycles. The lowest BCUT2D eigenvalue weighted by molar-refractivity contribution is -0.161. The summed E-state index contributed by atoms with van der Waals surface area (Å²) in [6.45, 7) is 11.8. The second kappa shape index (κ2) is 61.9. The summed E-state index contributed by atoms with van der Waals surface area (Å²) in [6, 6.07) is 0. The molecule has 0 aliphatic carbocycles. The summed E-state index contributed by atoms with van der Waals surface area (Å²) in [5, 5.41) is 10.6. The fourth-order valence-electron chi connectivity index (χ4n) is 10.7. The Balaban J connectivity index is 5.12. The molecule has 0 aliphatic heterocycles. The molecule has 0 heterocycles. The van der Waals surface area contributed by atoms with Crippen molar-refractivity contribution in [2.24, 2.45) is 17.8 Å². The standard InChI is InChI=1S/C71H138O17P2/c1-8-11-12-13-14-25-29-38-45-52-68(73)81-58-67(88-71(76)55-48-41-33-31-35-42-49-62(4)5)61-86-90(79,80)84-57-65(72)56-83-89(77,78)85-60-66(59-82-69(74)53-46-39-34-32-37-44-51-64(7)10-3)87-70(75)54-47-40-30-27-24-22-20-18-16-15-17-19-21-23-26-28-36-43-50-63(6)9-2/h62-67,72H,8-61H2,1-7H3,(H,77,78)(H,79,80)/t63?,64?,65-,66-,67-/m1/s1. The Morgan fingerprint density at radius 2 is 0.567 bits per heavy atom. The van der Waals surface area contributed by atoms with Crippen molar-refractivity contribution in [2.45, 2.75) is 375 Å². The quantitative estimate of drug-likeness (QED) is 0.0222. The molecule has 0 saturated heterocycles. The Kier molecular flexibility index (Phi) is 60.6. The van der Waals surface area contributed by atoms with E-state index in [4.69, 9.17) is 37.0 Å². The van der Waals surface area contributed by atoms with Crippen LogP contribution >= 0.6 is 15.6 Å². The molecule has 90 heavy (non-hydrogen) atoms. The highest BCUT2D eigenvalue weighted by Crippen LogP contribution is 2.45. The number of hydrogen-bond acceptors (Lipinski definition) is 15. The lowest BCUT2D eigenvalue weighted by Crippen LogP contribution is -2.30. The molecule has 0 spiro atoms. The van der Waals surface area contributed by atoms with E-state index in [1.807, 2.05) is 0 Å². The predicted octanol–water partition coefficient (Wildman–Crippen LogP) is 20.2. The second-order valence-corrected chi connectivity index (χ2v) is 29.5. The van der Waals surface area contributed by atoms with Gasteiger partial charge in [-0.15, -0.1) is 0 Å². The fourth-order valence-corrected chi connectivity index (χ4v) is 12.2. The van der Waals surface area contributed by atoms with E-state index in [-0.39, 0.29) is 25.7 Å². The largest absolute Gasteiger partial charge is 0.472 e. The zero-order valence-electron chi connectivity index (χ0n) is 58.6. The smallest absolute Gasteiger partial charge is 0.462 e. The van der Waals surface area contributed by atoms with Crippen LogP contribution in [0.5, 0.6) is 0 Å². The van der Waals surface area contributed by atoms with Gasteiger partial charge in [-0.1, -0.05) is 305 Å². The van der Waals surface area contributed by atoms with Crippen LogP contribution in [0, 0.1) is 17.8 Å². The van der Waals surface area contributed by atoms with E-state index in [0.29, 0.717) is 31.6 Å². The molecule has 0 saturated carbocycles. The number of phosphoric ester groups is 2. The number of hydrogen-bond donors (Lipinski definition) is 3. The molecule has 4 unspecified atom stereocenters. The summed E-state index contributed by atoms with van der Waals surface area (Å²) in [5.41, 5.74) is 0. The number of aliphatic hydroxyl groups excluding tert-OH is 1. The summed E-state index contributed by atoms with van der Waals surface area (Å²) in [4.78, 5) is 72.4. The molecular formula is C71H138O17P2. The molecule has 0 amide bonds. The molecule has 19 heteroatoms. The molecule has 0 bridgehead atoms. The van der Waals surface area contributed by atoms with Crippen molar-refractivity contribution < 1.29 is 80.2 Å². The third kappa shape index (κ3) is 62.2. The predicted molar refractivity (Wildman–Crippen MR) is 363 cm³/mol. The first-order chi connectivity index (χ1) is 43.3. The number of esters is 4. The first-order valence-corrected chi connectivity index (χ1v) is 39.9. The number of unbranched alkanes of at least 4 members (excludes halogenated alkanes) is 35. The fraction of sp³-hybridized carbons (Fsp3) is 0.944. The first kappa shape index (κ1) is 88.1. The number of carbonyl (C=O) groups excluding carboxylic acids is 4. The Bertz CT molecular complexity index is 1770. The number of aliphatic hydroxyl groups is 1. The van der Waals surface area contributed by atoms with E-state index >= 15 is 0 Å². The molecule has 0 aromatic carbocycles. The van der Waals surface area contributed by atoms with E-state index in [1.54, 1.807) is 0 Å². The van der Waals surface area contributed by atoms with Gasteiger partial charge in [0.1, 0.15) is 19.3 Å². The van der Waals surface area contributed by atoms with E-state index in [0.717, 1.165) is 108 Å². The Morgan fingerprint density at radius 1 is 0.322 bits per heavy atom. The van der Waals surface area contributed by atoms with Gasteiger partial charge in [-0.3, -0.25) is 37.3 Å². The van der Waals surface area contributed by atoms with Crippen molar-refractivity contribution in [1.29, 1.82) is 0 Å². The van der Waals surface area contributed by atoms with Crippen molar-refractivity contribution in [2.75, 3.05) is 39.6 Å². The van der Waals surface area contributed by atoms with Crippen molar-refractivity contribution in [3.8, 4) is 0 Å². The zero-order valence-corrected chi connectivity index (χ0v) is 60.4. The van der Waals surface area contributed by atoms with Crippen LogP contribution in [0.1, 0.15) is 357 Å². The second-order valence-electron chi connectivity index (χ2n) is 26.6. The lowest BCUT2D eigenvalue weighted by atomic mass is 9.99. The van der Waals surface area contributed by atoms with Crippen LogP contribution in [-0.2, 0) is 65.4 Å². The third-order valence-electron chi connectivity index (χ3n) is 17.1. The van der Waals surface area contributed by atoms with Gasteiger partial charge in [-0.05, 0) is 43.4 Å². The van der Waals surface area contributed by atoms with E-state index in [1.165, 1.54) is 161 Å². The number of ether oxygens (including phenoxy) is 4. The molecule has 17 nitrogen and oxygen atoms in total. The average Bonchev–Trinajstić information content (AvgIpc) is 3.72. The molecule has 534 valence electrons. The highest BCUT2D eigenvalue weighted by Gasteiger charge is 2.30. The molecular weight excluding hydrogens is 1190 g/mol. The Labute approximate surface area is 549 Å². The Morgan fingerprint density at radius 3 is 0.844 bits per heavy atom. The van der Waals surface area contributed by atoms with Gasteiger partial charge in [-0.25, -0.2) is 9.13 Å². The maximum Gasteiger partial charge on any atom is 0.472 e. The van der Waals surface area contributed by atoms with Gasteiger partial charge in [0.05, 0.1) is 26.4 Å². The van der Waals surface area contributed by atoms with Gasteiger partial charge in [-0.2, -0.15) is 0 Å². The third-order valence-corrected chi connectivity index (χ3v) is 19.0. The van der Waals surface area contributed by atoms with Crippen LogP contribution in [0.4, 0.5) is 0 Å². The van der Waals surface area contributed by atoms with Crippen molar-refractivity contribution >= 4 is 39.5 Å². The van der Waals surface area contributed by atoms with E-state index in [9.17, 15) is 43.2 Å². The average molecular weight is 1330 g/mol. The molecule has 0 radical (unpaired) electrons. The van der Waals surface area contributed by atoms with Crippen molar-refractivity contribution in [3.63, 3.8) is 0 Å². The molecule has 0 rings (SSSR count). The maximum absolute atomic E-state index is 13.0. The van der Waals surface area contributed by atoms with Crippen LogP contribution in [0.15, 0.2) is 0 Å². The van der Waals surface area contributed by atoms with Gasteiger partial charge in [0.15, 0.2) is 12.2 Å². The number of phosphoric acid groups is 2. The molecule has 0 fully saturated rings. The maximum atomic E-state index is 13.0. The van der Waals surface area contributed by atoms with Gasteiger partial charge >= 0.3 is 39.5 Å². The first-order valence-electron chi connectivity index (χ1n) is 36.9. The summed E-state index contributed by atoms with van der Waals surface area (Å²) >= 11 is 0. The van der Waals surface area contributed by atoms with Crippen LogP contribution in [0.3, 0.4) is 0 Å². The van der Waals surface area contributed by atoms with Crippen LogP contribution in [0.2, 0.25) is 0 Å². The molecule has 0 aliphatic rings. The lowest BCUT2D eigenvalue weighted by Gasteiger charge is -2.21. The van der Waals surface area contributed by atoms with E-state index < -0.39 is 97.5 Å². The summed E-state index contributed by atoms with van der Waals surface area (Å²) < 4.78 is 68.2. The van der Waals surface area contributed by atoms with Crippen molar-refractivity contribution in [1.82, 2.24) is 0 Å². The van der Waals surface area contributed by atoms with Crippen LogP contribution < -0.4 is 0 Å². The normalized spacial score (nSPS) is 14.8. The molecule has 0 aromatic rings. The minimum atomic E-state index is -4.95. The van der Waals surface area contributed by atoms with Gasteiger partial charge in [0.25, 0.3) is 0 Å². The minimum absolute atomic E-state index is 0.102. The van der Waals surface area contributed by atoms with E-state index in [2.05, 4.69) is 48.5 Å². The topological polar surface area (TPSA) is 237 Å². The molecule has 3 N–H and O–H groups in total. The van der Waals surface area contributed by atoms with Crippen molar-refractivity contribution in [3.05, 3.63) is 0 Å². The van der Waals surface area contributed by atoms with Crippen LogP contribution in [0.25, 0.3) is 0 Å². The highest BCUT2D eigenvalue weighted by molar-refractivity contribution is 7.47. The van der Waals surface area contributed by atoms with Crippen LogP contribution in [-0.4, -0.2) is 96.7 Å². The summed E-state index contributed by atoms with van der Waals surface area (Å²) in [7, 11) is -9.90. The molecule has 7 atom stereocenters. The number of carbonyl (C=O) groups is 4. The number of rotatable bonds is 69. The highest BCUT2D eigenvalue weighted by atomic mass is 31.2. The van der Waals surface area contributed by atoms with Gasteiger partial charge in [0.2, 0.25) is 0 Å². The van der Waals surface area contributed by atoms with Gasteiger partial charge in [0, 0.05) is 25.7 Å². The summed E-state index contributed by atoms with van der Waals surface area (Å²) in [6.07, 6.45) is 46.2. The summed E-state index contributed by atoms with van der Waals surface area (Å²) in [5.74, 6) is 0.138. The monoisotopic (exact) mass is 1320 g/mol. The minimum Gasteiger partial charge on any atom is -0.462 e. The van der Waals surface area contributed by atoms with Gasteiger partial charge < -0.3 is 33.8 Å². The Hall–Kier alpha value is -1.94. The zero-order chi connectivity index (χ0) is 66.6.